The fourth-order valence-corrected chi connectivity index (χ4v) is 2.83. The van der Waals surface area contributed by atoms with Gasteiger partial charge in [-0.05, 0) is 37.3 Å². The molecule has 0 aliphatic carbocycles. The zero-order valence-corrected chi connectivity index (χ0v) is 12.7. The van der Waals surface area contributed by atoms with E-state index in [9.17, 15) is 14.7 Å². The average molecular weight is 317 g/mol. The molecule has 1 aliphatic rings. The van der Waals surface area contributed by atoms with Crippen molar-refractivity contribution in [3.63, 3.8) is 0 Å². The largest absolute Gasteiger partial charge is 0.465 e. The third kappa shape index (κ3) is 4.76. The van der Waals surface area contributed by atoms with E-state index >= 15 is 0 Å². The minimum atomic E-state index is -0.912. The highest BCUT2D eigenvalue weighted by Crippen LogP contribution is 2.23. The third-order valence-electron chi connectivity index (χ3n) is 4.11. The molecule has 0 aromatic carbocycles. The zero-order chi connectivity index (χ0) is 16.8. The van der Waals surface area contributed by atoms with Crippen LogP contribution in [0.2, 0.25) is 0 Å². The molecule has 23 heavy (non-hydrogen) atoms. The summed E-state index contributed by atoms with van der Waals surface area (Å²) in [4.78, 5) is 28.1. The van der Waals surface area contributed by atoms with Gasteiger partial charge in [0.2, 0.25) is 0 Å². The van der Waals surface area contributed by atoms with Crippen molar-refractivity contribution >= 4 is 11.9 Å². The number of nitrogens with zero attached hydrogens (tertiary/aromatic N) is 3. The zero-order valence-electron chi connectivity index (χ0n) is 12.7. The number of aromatic nitrogens is 1. The second-order valence-electron chi connectivity index (χ2n) is 5.77. The van der Waals surface area contributed by atoms with E-state index in [1.54, 1.807) is 0 Å². The van der Waals surface area contributed by atoms with Crippen LogP contribution in [0.25, 0.3) is 0 Å². The van der Waals surface area contributed by atoms with Crippen molar-refractivity contribution in [3.05, 3.63) is 29.6 Å². The minimum absolute atomic E-state index is 0.00593. The Labute approximate surface area is 134 Å². The number of Topliss-reactive ketones (excluding diaryl/α,β-unsaturated/α-hetero) is 1. The predicted octanol–water partition coefficient (Wildman–Crippen LogP) is 1.67. The molecule has 7 heteroatoms. The molecule has 1 unspecified atom stereocenters. The molecule has 1 atom stereocenters. The van der Waals surface area contributed by atoms with Crippen LogP contribution < -0.4 is 0 Å². The van der Waals surface area contributed by atoms with E-state index in [0.717, 1.165) is 0 Å². The molecule has 1 aliphatic heterocycles. The SMILES string of the molecule is N#Cc1cc(C(=O)CC(O)CC2CCN(C(=O)O)CC2)ccn1. The normalized spacial score (nSPS) is 16.6. The molecule has 122 valence electrons. The van der Waals surface area contributed by atoms with E-state index < -0.39 is 12.2 Å². The van der Waals surface area contributed by atoms with E-state index in [1.807, 2.05) is 6.07 Å². The molecule has 0 spiro atoms. The number of pyridine rings is 1. The number of likely N-dealkylation sites (tertiary alicyclic amines) is 1. The molecule has 1 aromatic heterocycles. The first kappa shape index (κ1) is 16.9. The van der Waals surface area contributed by atoms with Gasteiger partial charge in [0.25, 0.3) is 0 Å². The Morgan fingerprint density at radius 1 is 1.43 bits per heavy atom. The van der Waals surface area contributed by atoms with Gasteiger partial charge >= 0.3 is 6.09 Å². The summed E-state index contributed by atoms with van der Waals surface area (Å²) < 4.78 is 0. The molecular weight excluding hydrogens is 298 g/mol. The van der Waals surface area contributed by atoms with Crippen LogP contribution in [0.15, 0.2) is 18.3 Å². The number of carbonyl (C=O) groups excluding carboxylic acids is 1. The molecule has 7 nitrogen and oxygen atoms in total. The molecule has 1 amide bonds. The summed E-state index contributed by atoms with van der Waals surface area (Å²) in [5.74, 6) is -0.000110. The molecule has 2 N–H and O–H groups in total. The maximum absolute atomic E-state index is 12.1. The number of rotatable bonds is 5. The van der Waals surface area contributed by atoms with Crippen molar-refractivity contribution in [1.29, 1.82) is 5.26 Å². The molecule has 1 saturated heterocycles. The minimum Gasteiger partial charge on any atom is -0.465 e. The van der Waals surface area contributed by atoms with Gasteiger partial charge in [-0.2, -0.15) is 5.26 Å². The lowest BCUT2D eigenvalue weighted by atomic mass is 9.89. The number of ketones is 1. The lowest BCUT2D eigenvalue weighted by Gasteiger charge is -2.30. The van der Waals surface area contributed by atoms with Crippen LogP contribution in [-0.4, -0.2) is 51.2 Å². The highest BCUT2D eigenvalue weighted by molar-refractivity contribution is 5.96. The van der Waals surface area contributed by atoms with E-state index in [4.69, 9.17) is 10.4 Å². The van der Waals surface area contributed by atoms with Crippen LogP contribution in [-0.2, 0) is 0 Å². The first-order valence-electron chi connectivity index (χ1n) is 7.55. The summed E-state index contributed by atoms with van der Waals surface area (Å²) in [6, 6.07) is 4.82. The van der Waals surface area contributed by atoms with Gasteiger partial charge in [0, 0.05) is 31.3 Å². The molecule has 1 aromatic rings. The van der Waals surface area contributed by atoms with Gasteiger partial charge in [-0.25, -0.2) is 9.78 Å². The molecule has 2 heterocycles. The Kier molecular flexibility index (Phi) is 5.66. The number of carboxylic acid groups (broad SMARTS) is 1. The van der Waals surface area contributed by atoms with Crippen molar-refractivity contribution in [2.45, 2.75) is 31.8 Å². The molecule has 2 rings (SSSR count). The van der Waals surface area contributed by atoms with E-state index in [0.29, 0.717) is 37.9 Å². The van der Waals surface area contributed by atoms with E-state index in [2.05, 4.69) is 4.98 Å². The Balaban J connectivity index is 1.83. The maximum atomic E-state index is 12.1. The van der Waals surface area contributed by atoms with Gasteiger partial charge in [-0.3, -0.25) is 4.79 Å². The molecule has 0 radical (unpaired) electrons. The molecule has 1 fully saturated rings. The standard InChI is InChI=1S/C16H19N3O4/c17-10-13-8-12(1-4-18-13)15(21)9-14(20)7-11-2-5-19(6-3-11)16(22)23/h1,4,8,11,14,20H,2-3,5-7,9H2,(H,22,23). The molecule has 0 saturated carbocycles. The summed E-state index contributed by atoms with van der Waals surface area (Å²) in [5, 5.41) is 27.8. The number of nitriles is 1. The van der Waals surface area contributed by atoms with Crippen molar-refractivity contribution in [2.24, 2.45) is 5.92 Å². The smallest absolute Gasteiger partial charge is 0.407 e. The lowest BCUT2D eigenvalue weighted by Crippen LogP contribution is -2.38. The van der Waals surface area contributed by atoms with Crippen LogP contribution in [0.1, 0.15) is 41.7 Å². The predicted molar refractivity (Wildman–Crippen MR) is 80.8 cm³/mol. The average Bonchev–Trinajstić information content (AvgIpc) is 2.55. The monoisotopic (exact) mass is 317 g/mol. The van der Waals surface area contributed by atoms with Gasteiger partial charge in [0.1, 0.15) is 11.8 Å². The van der Waals surface area contributed by atoms with Crippen molar-refractivity contribution in [1.82, 2.24) is 9.88 Å². The Morgan fingerprint density at radius 3 is 2.74 bits per heavy atom. The molecular formula is C16H19N3O4. The Morgan fingerprint density at radius 2 is 2.13 bits per heavy atom. The van der Waals surface area contributed by atoms with Gasteiger partial charge in [-0.1, -0.05) is 0 Å². The number of aliphatic hydroxyl groups is 1. The summed E-state index contributed by atoms with van der Waals surface area (Å²) >= 11 is 0. The number of hydrogen-bond donors (Lipinski definition) is 2. The second-order valence-corrected chi connectivity index (χ2v) is 5.77. The Hall–Kier alpha value is -2.46. The summed E-state index contributed by atoms with van der Waals surface area (Å²) in [7, 11) is 0. The maximum Gasteiger partial charge on any atom is 0.407 e. The van der Waals surface area contributed by atoms with Gasteiger partial charge in [-0.15, -0.1) is 0 Å². The van der Waals surface area contributed by atoms with Gasteiger partial charge in [0.15, 0.2) is 5.78 Å². The van der Waals surface area contributed by atoms with Crippen LogP contribution in [0, 0.1) is 17.2 Å². The fraction of sp³-hybridized carbons (Fsp3) is 0.500. The second kappa shape index (κ2) is 7.70. The van der Waals surface area contributed by atoms with Crippen molar-refractivity contribution in [2.75, 3.05) is 13.1 Å². The lowest BCUT2D eigenvalue weighted by molar-refractivity contribution is 0.0772. The van der Waals surface area contributed by atoms with Crippen LogP contribution >= 0.6 is 0 Å². The fourth-order valence-electron chi connectivity index (χ4n) is 2.83. The number of amides is 1. The van der Waals surface area contributed by atoms with Crippen LogP contribution in [0.5, 0.6) is 0 Å². The number of carbonyl (C=O) groups is 2. The number of piperidine rings is 1. The highest BCUT2D eigenvalue weighted by atomic mass is 16.4. The summed E-state index contributed by atoms with van der Waals surface area (Å²) in [6.45, 7) is 0.938. The van der Waals surface area contributed by atoms with Crippen molar-refractivity contribution in [3.8, 4) is 6.07 Å². The van der Waals surface area contributed by atoms with Gasteiger partial charge < -0.3 is 15.1 Å². The van der Waals surface area contributed by atoms with E-state index in [-0.39, 0.29) is 23.8 Å². The van der Waals surface area contributed by atoms with Crippen LogP contribution in [0.3, 0.4) is 0 Å². The molecule has 0 bridgehead atoms. The van der Waals surface area contributed by atoms with Crippen molar-refractivity contribution < 1.29 is 19.8 Å². The first-order chi connectivity index (χ1) is 11.0. The first-order valence-corrected chi connectivity index (χ1v) is 7.55. The third-order valence-corrected chi connectivity index (χ3v) is 4.11. The van der Waals surface area contributed by atoms with E-state index in [1.165, 1.54) is 23.2 Å². The Bertz CT molecular complexity index is 618. The van der Waals surface area contributed by atoms with Crippen LogP contribution in [0.4, 0.5) is 4.79 Å². The van der Waals surface area contributed by atoms with Gasteiger partial charge in [0.05, 0.1) is 6.10 Å². The topological polar surface area (TPSA) is 115 Å². The quantitative estimate of drug-likeness (QED) is 0.798. The summed E-state index contributed by atoms with van der Waals surface area (Å²) in [6.07, 6.45) is 1.60. The number of aliphatic hydroxyl groups excluding tert-OH is 1. The number of hydrogen-bond acceptors (Lipinski definition) is 5. The highest BCUT2D eigenvalue weighted by Gasteiger charge is 2.25. The summed E-state index contributed by atoms with van der Waals surface area (Å²) in [5.41, 5.74) is 0.544.